The minimum absolute atomic E-state index is 0.111. The smallest absolute Gasteiger partial charge is 0.407 e. The Balaban J connectivity index is 2.36. The Morgan fingerprint density at radius 3 is 2.33 bits per heavy atom. The zero-order chi connectivity index (χ0) is 16.1. The van der Waals surface area contributed by atoms with Gasteiger partial charge in [0.2, 0.25) is 0 Å². The first-order valence-corrected chi connectivity index (χ1v) is 7.91. The molecule has 21 heavy (non-hydrogen) atoms. The van der Waals surface area contributed by atoms with E-state index in [1.54, 1.807) is 7.11 Å². The molecule has 0 spiro atoms. The normalized spacial score (nSPS) is 23.1. The average molecular weight is 300 g/mol. The Morgan fingerprint density at radius 2 is 1.76 bits per heavy atom. The van der Waals surface area contributed by atoms with Crippen LogP contribution < -0.4 is 10.6 Å². The van der Waals surface area contributed by atoms with E-state index in [4.69, 9.17) is 9.47 Å². The molecule has 124 valence electrons. The number of nitrogens with one attached hydrogen (secondary N) is 2. The fraction of sp³-hybridized carbons (Fsp3) is 0.938. The molecule has 5 heteroatoms. The third-order valence-electron chi connectivity index (χ3n) is 3.90. The molecule has 0 saturated heterocycles. The zero-order valence-electron chi connectivity index (χ0n) is 14.4. The molecule has 1 rings (SSSR count). The van der Waals surface area contributed by atoms with E-state index in [1.165, 1.54) is 0 Å². The number of methoxy groups -OCH3 is 1. The van der Waals surface area contributed by atoms with Crippen molar-refractivity contribution in [3.05, 3.63) is 0 Å². The monoisotopic (exact) mass is 300 g/mol. The molecule has 0 aliphatic heterocycles. The Labute approximate surface area is 129 Å². The van der Waals surface area contributed by atoms with E-state index in [2.05, 4.69) is 24.5 Å². The Bertz CT molecular complexity index is 337. The van der Waals surface area contributed by atoms with Gasteiger partial charge < -0.3 is 20.1 Å². The van der Waals surface area contributed by atoms with Gasteiger partial charge in [0.1, 0.15) is 5.60 Å². The van der Waals surface area contributed by atoms with Crippen molar-refractivity contribution in [1.29, 1.82) is 0 Å². The lowest BCUT2D eigenvalue weighted by Gasteiger charge is -2.27. The van der Waals surface area contributed by atoms with Crippen LogP contribution in [0.5, 0.6) is 0 Å². The number of hydrogen-bond acceptors (Lipinski definition) is 4. The van der Waals surface area contributed by atoms with Gasteiger partial charge in [0.15, 0.2) is 0 Å². The van der Waals surface area contributed by atoms with Crippen molar-refractivity contribution in [3.63, 3.8) is 0 Å². The van der Waals surface area contributed by atoms with E-state index in [1.807, 2.05) is 20.8 Å². The van der Waals surface area contributed by atoms with E-state index in [0.717, 1.165) is 32.2 Å². The number of rotatable bonds is 6. The lowest BCUT2D eigenvalue weighted by molar-refractivity contribution is 0.0150. The largest absolute Gasteiger partial charge is 0.444 e. The highest BCUT2D eigenvalue weighted by Crippen LogP contribution is 2.20. The lowest BCUT2D eigenvalue weighted by atomic mass is 10.0. The summed E-state index contributed by atoms with van der Waals surface area (Å²) in [7, 11) is 1.74. The van der Waals surface area contributed by atoms with Crippen LogP contribution >= 0.6 is 0 Å². The minimum atomic E-state index is -0.450. The molecule has 1 fully saturated rings. The third kappa shape index (κ3) is 7.14. The maximum atomic E-state index is 11.9. The second-order valence-electron chi connectivity index (χ2n) is 7.46. The molecule has 2 N–H and O–H groups in total. The predicted octanol–water partition coefficient (Wildman–Crippen LogP) is 2.84. The molecule has 1 aliphatic rings. The van der Waals surface area contributed by atoms with Gasteiger partial charge in [0.05, 0.1) is 5.60 Å². The number of carbonyl (C=O) groups is 1. The number of amides is 1. The van der Waals surface area contributed by atoms with E-state index in [9.17, 15) is 4.79 Å². The second-order valence-corrected chi connectivity index (χ2v) is 7.46. The van der Waals surface area contributed by atoms with Crippen LogP contribution in [-0.2, 0) is 9.47 Å². The van der Waals surface area contributed by atoms with Crippen molar-refractivity contribution < 1.29 is 14.3 Å². The maximum Gasteiger partial charge on any atom is 0.407 e. The summed E-state index contributed by atoms with van der Waals surface area (Å²) >= 11 is 0. The standard InChI is InChI=1S/C16H32N2O3/c1-15(2,3)21-14(19)18-13-9-7-8-12(13)17-11-10-16(4,5)20-6/h12-13,17H,7-11H2,1-6H3,(H,18,19). The summed E-state index contributed by atoms with van der Waals surface area (Å²) < 4.78 is 10.7. The van der Waals surface area contributed by atoms with Crippen molar-refractivity contribution in [2.75, 3.05) is 13.7 Å². The van der Waals surface area contributed by atoms with E-state index < -0.39 is 5.60 Å². The maximum absolute atomic E-state index is 11.9. The molecule has 2 unspecified atom stereocenters. The van der Waals surface area contributed by atoms with Gasteiger partial charge in [-0.05, 0) is 66.8 Å². The molecule has 0 aromatic heterocycles. The molecule has 0 aromatic rings. The summed E-state index contributed by atoms with van der Waals surface area (Å²) in [6, 6.07) is 0.482. The highest BCUT2D eigenvalue weighted by Gasteiger charge is 2.30. The topological polar surface area (TPSA) is 59.6 Å². The third-order valence-corrected chi connectivity index (χ3v) is 3.90. The SMILES string of the molecule is COC(C)(C)CCNC1CCCC1NC(=O)OC(C)(C)C. The van der Waals surface area contributed by atoms with Crippen molar-refractivity contribution in [1.82, 2.24) is 10.6 Å². The first-order chi connectivity index (χ1) is 9.63. The van der Waals surface area contributed by atoms with Crippen LogP contribution in [0, 0.1) is 0 Å². The highest BCUT2D eigenvalue weighted by atomic mass is 16.6. The molecular formula is C16H32N2O3. The average Bonchev–Trinajstić information content (AvgIpc) is 2.74. The van der Waals surface area contributed by atoms with Crippen molar-refractivity contribution in [2.45, 2.75) is 83.6 Å². The fourth-order valence-electron chi connectivity index (χ4n) is 2.50. The van der Waals surface area contributed by atoms with Gasteiger partial charge in [-0.1, -0.05) is 0 Å². The number of hydrogen-bond donors (Lipinski definition) is 2. The molecule has 0 bridgehead atoms. The van der Waals surface area contributed by atoms with Gasteiger partial charge in [-0.15, -0.1) is 0 Å². The Morgan fingerprint density at radius 1 is 1.14 bits per heavy atom. The van der Waals surface area contributed by atoms with Crippen LogP contribution in [0.4, 0.5) is 4.79 Å². The van der Waals surface area contributed by atoms with Crippen molar-refractivity contribution in [2.24, 2.45) is 0 Å². The predicted molar refractivity (Wildman–Crippen MR) is 84.5 cm³/mol. The summed E-state index contributed by atoms with van der Waals surface area (Å²) in [5.74, 6) is 0. The summed E-state index contributed by atoms with van der Waals surface area (Å²) in [6.07, 6.45) is 3.85. The van der Waals surface area contributed by atoms with Gasteiger partial charge in [0, 0.05) is 19.2 Å². The number of ether oxygens (including phenoxy) is 2. The quantitative estimate of drug-likeness (QED) is 0.792. The molecule has 0 radical (unpaired) electrons. The van der Waals surface area contributed by atoms with Crippen molar-refractivity contribution >= 4 is 6.09 Å². The zero-order valence-corrected chi connectivity index (χ0v) is 14.4. The molecule has 0 aromatic carbocycles. The summed E-state index contributed by atoms with van der Waals surface area (Å²) in [4.78, 5) is 11.9. The van der Waals surface area contributed by atoms with E-state index >= 15 is 0 Å². The highest BCUT2D eigenvalue weighted by molar-refractivity contribution is 5.68. The molecule has 5 nitrogen and oxygen atoms in total. The molecule has 1 aliphatic carbocycles. The molecule has 1 amide bonds. The fourth-order valence-corrected chi connectivity index (χ4v) is 2.50. The van der Waals surface area contributed by atoms with Crippen LogP contribution in [0.3, 0.4) is 0 Å². The first kappa shape index (κ1) is 18.2. The number of alkyl carbamates (subject to hydrolysis) is 1. The van der Waals surface area contributed by atoms with Crippen LogP contribution in [-0.4, -0.2) is 43.0 Å². The minimum Gasteiger partial charge on any atom is -0.444 e. The van der Waals surface area contributed by atoms with Crippen LogP contribution in [0.15, 0.2) is 0 Å². The van der Waals surface area contributed by atoms with Gasteiger partial charge in [-0.25, -0.2) is 4.79 Å². The summed E-state index contributed by atoms with van der Waals surface area (Å²) in [6.45, 7) is 10.7. The van der Waals surface area contributed by atoms with E-state index in [0.29, 0.717) is 6.04 Å². The van der Waals surface area contributed by atoms with Crippen LogP contribution in [0.25, 0.3) is 0 Å². The number of carbonyl (C=O) groups excluding carboxylic acids is 1. The van der Waals surface area contributed by atoms with Crippen LogP contribution in [0.1, 0.15) is 60.3 Å². The second kappa shape index (κ2) is 7.45. The molecule has 0 heterocycles. The van der Waals surface area contributed by atoms with E-state index in [-0.39, 0.29) is 17.7 Å². The first-order valence-electron chi connectivity index (χ1n) is 7.91. The Hall–Kier alpha value is -0.810. The molecule has 2 atom stereocenters. The van der Waals surface area contributed by atoms with Crippen LogP contribution in [0.2, 0.25) is 0 Å². The molecule has 1 saturated carbocycles. The van der Waals surface area contributed by atoms with Gasteiger partial charge in [-0.3, -0.25) is 0 Å². The molecular weight excluding hydrogens is 268 g/mol. The van der Waals surface area contributed by atoms with Gasteiger partial charge in [0.25, 0.3) is 0 Å². The van der Waals surface area contributed by atoms with Gasteiger partial charge in [-0.2, -0.15) is 0 Å². The lowest BCUT2D eigenvalue weighted by Crippen LogP contribution is -2.48. The summed E-state index contributed by atoms with van der Waals surface area (Å²) in [5, 5.41) is 6.53. The Kier molecular flexibility index (Phi) is 6.47. The van der Waals surface area contributed by atoms with Gasteiger partial charge >= 0.3 is 6.09 Å². The summed E-state index contributed by atoms with van der Waals surface area (Å²) in [5.41, 5.74) is -0.562. The van der Waals surface area contributed by atoms with Crippen molar-refractivity contribution in [3.8, 4) is 0 Å².